The van der Waals surface area contributed by atoms with Crippen molar-refractivity contribution in [2.75, 3.05) is 18.5 Å². The molecule has 21 heavy (non-hydrogen) atoms. The van der Waals surface area contributed by atoms with Gasteiger partial charge in [-0.05, 0) is 31.3 Å². The first-order valence-corrected chi connectivity index (χ1v) is 7.00. The molecule has 1 aliphatic heterocycles. The third kappa shape index (κ3) is 4.96. The van der Waals surface area contributed by atoms with Gasteiger partial charge in [0.1, 0.15) is 0 Å². The molecule has 0 spiro atoms. The van der Waals surface area contributed by atoms with Gasteiger partial charge in [0.25, 0.3) is 0 Å². The van der Waals surface area contributed by atoms with Crippen LogP contribution in [0.5, 0.6) is 0 Å². The Morgan fingerprint density at radius 2 is 1.95 bits per heavy atom. The van der Waals surface area contributed by atoms with Gasteiger partial charge in [-0.2, -0.15) is 0 Å². The number of hydrogen-bond acceptors (Lipinski definition) is 5. The second-order valence-corrected chi connectivity index (χ2v) is 5.01. The van der Waals surface area contributed by atoms with Gasteiger partial charge in [0.2, 0.25) is 6.29 Å². The van der Waals surface area contributed by atoms with Crippen LogP contribution in [0.3, 0.4) is 0 Å². The lowest BCUT2D eigenvalue weighted by atomic mass is 10.2. The van der Waals surface area contributed by atoms with Crippen LogP contribution >= 0.6 is 12.2 Å². The fourth-order valence-electron chi connectivity index (χ4n) is 1.81. The summed E-state index contributed by atoms with van der Waals surface area (Å²) in [5.41, 5.74) is 2.03. The summed E-state index contributed by atoms with van der Waals surface area (Å²) in [6, 6.07) is 7.80. The molecule has 2 atom stereocenters. The molecule has 1 aromatic rings. The van der Waals surface area contributed by atoms with Crippen LogP contribution in [0.4, 0.5) is 5.69 Å². The zero-order chi connectivity index (χ0) is 15.2. The topological polar surface area (TPSA) is 68.8 Å². The van der Waals surface area contributed by atoms with Crippen molar-refractivity contribution < 1.29 is 19.0 Å². The van der Waals surface area contributed by atoms with E-state index in [0.717, 1.165) is 5.69 Å². The highest BCUT2D eigenvalue weighted by Gasteiger charge is 2.30. The average molecular weight is 310 g/mol. The molecule has 0 bridgehead atoms. The monoisotopic (exact) mass is 310 g/mol. The maximum atomic E-state index is 11.0. The lowest BCUT2D eigenvalue weighted by Crippen LogP contribution is -2.52. The number of ether oxygens (including phenoxy) is 3. The van der Waals surface area contributed by atoms with Gasteiger partial charge in [0, 0.05) is 12.6 Å². The average Bonchev–Trinajstić information content (AvgIpc) is 2.43. The molecule has 7 heteroatoms. The van der Waals surface area contributed by atoms with Crippen molar-refractivity contribution in [2.24, 2.45) is 0 Å². The van der Waals surface area contributed by atoms with Crippen LogP contribution in [-0.4, -0.2) is 36.8 Å². The number of hydrogen-bond donors (Lipinski definition) is 2. The Balaban J connectivity index is 1.90. The molecule has 0 aliphatic carbocycles. The maximum absolute atomic E-state index is 11.0. The van der Waals surface area contributed by atoms with Crippen molar-refractivity contribution >= 4 is 29.0 Å². The minimum absolute atomic E-state index is 0.367. The van der Waals surface area contributed by atoms with E-state index >= 15 is 0 Å². The lowest BCUT2D eigenvalue weighted by molar-refractivity contribution is -0.244. The summed E-state index contributed by atoms with van der Waals surface area (Å²) in [4.78, 5) is 11.0. The molecule has 0 aromatic heterocycles. The standard InChI is InChI=1S/C14H18N2O4S/c1-9-3-5-11(6-4-9)15-14(21)16-12-13(20-10(2)17)19-8-7-18-12/h3-6,12-13H,7-8H2,1-2H3,(H2,15,16,21)/t12-,13+/m1/s1. The van der Waals surface area contributed by atoms with Crippen LogP contribution < -0.4 is 10.6 Å². The number of nitrogens with one attached hydrogen (secondary N) is 2. The highest BCUT2D eigenvalue weighted by molar-refractivity contribution is 7.80. The molecule has 0 unspecified atom stereocenters. The SMILES string of the molecule is CC(=O)O[C@@H]1OCCO[C@H]1NC(=S)Nc1ccc(C)cc1. The maximum Gasteiger partial charge on any atom is 0.305 e. The van der Waals surface area contributed by atoms with Crippen molar-refractivity contribution in [1.82, 2.24) is 5.32 Å². The zero-order valence-corrected chi connectivity index (χ0v) is 12.7. The molecule has 6 nitrogen and oxygen atoms in total. The van der Waals surface area contributed by atoms with E-state index in [9.17, 15) is 4.79 Å². The van der Waals surface area contributed by atoms with E-state index < -0.39 is 18.5 Å². The number of thiocarbonyl (C=S) groups is 1. The third-order valence-corrected chi connectivity index (χ3v) is 2.99. The molecule has 2 N–H and O–H groups in total. The molecule has 114 valence electrons. The molecular formula is C14H18N2O4S. The predicted molar refractivity (Wildman–Crippen MR) is 81.8 cm³/mol. The molecule has 1 aromatic carbocycles. The van der Waals surface area contributed by atoms with Crippen LogP contribution in [0.1, 0.15) is 12.5 Å². The highest BCUT2D eigenvalue weighted by Crippen LogP contribution is 2.12. The van der Waals surface area contributed by atoms with Gasteiger partial charge < -0.3 is 24.8 Å². The van der Waals surface area contributed by atoms with E-state index in [2.05, 4.69) is 10.6 Å². The predicted octanol–water partition coefficient (Wildman–Crippen LogP) is 1.54. The van der Waals surface area contributed by atoms with Gasteiger partial charge in [-0.1, -0.05) is 17.7 Å². The smallest absolute Gasteiger partial charge is 0.305 e. The van der Waals surface area contributed by atoms with E-state index in [1.807, 2.05) is 31.2 Å². The summed E-state index contributed by atoms with van der Waals surface area (Å²) < 4.78 is 15.9. The zero-order valence-electron chi connectivity index (χ0n) is 11.9. The first kappa shape index (κ1) is 15.7. The third-order valence-electron chi connectivity index (χ3n) is 2.77. The molecule has 0 saturated carbocycles. The summed E-state index contributed by atoms with van der Waals surface area (Å²) in [6.07, 6.45) is -1.44. The molecular weight excluding hydrogens is 292 g/mol. The Hall–Kier alpha value is -1.70. The van der Waals surface area contributed by atoms with Crippen molar-refractivity contribution in [2.45, 2.75) is 26.4 Å². The Bertz CT molecular complexity index is 506. The number of rotatable bonds is 3. The van der Waals surface area contributed by atoms with E-state index in [0.29, 0.717) is 18.3 Å². The molecule has 0 amide bonds. The first-order chi connectivity index (χ1) is 10.0. The van der Waals surface area contributed by atoms with Crippen molar-refractivity contribution in [1.29, 1.82) is 0 Å². The number of esters is 1. The molecule has 2 rings (SSSR count). The Kier molecular flexibility index (Phi) is 5.49. The number of anilines is 1. The first-order valence-electron chi connectivity index (χ1n) is 6.59. The minimum Gasteiger partial charge on any atom is -0.431 e. The highest BCUT2D eigenvalue weighted by atomic mass is 32.1. The van der Waals surface area contributed by atoms with Gasteiger partial charge >= 0.3 is 5.97 Å². The Morgan fingerprint density at radius 3 is 2.62 bits per heavy atom. The molecule has 0 radical (unpaired) electrons. The van der Waals surface area contributed by atoms with Crippen LogP contribution in [0.25, 0.3) is 0 Å². The lowest BCUT2D eigenvalue weighted by Gasteiger charge is -2.32. The molecule has 1 heterocycles. The van der Waals surface area contributed by atoms with Gasteiger partial charge in [-0.15, -0.1) is 0 Å². The summed E-state index contributed by atoms with van der Waals surface area (Å²) in [5.74, 6) is -0.435. The molecule has 1 aliphatic rings. The second kappa shape index (κ2) is 7.35. The van der Waals surface area contributed by atoms with Gasteiger partial charge in [0.15, 0.2) is 11.3 Å². The van der Waals surface area contributed by atoms with Crippen LogP contribution in [-0.2, 0) is 19.0 Å². The number of carbonyl (C=O) groups excluding carboxylic acids is 1. The summed E-state index contributed by atoms with van der Waals surface area (Å²) >= 11 is 5.22. The fourth-order valence-corrected chi connectivity index (χ4v) is 2.04. The molecule has 1 saturated heterocycles. The van der Waals surface area contributed by atoms with E-state index in [1.54, 1.807) is 0 Å². The van der Waals surface area contributed by atoms with Crippen molar-refractivity contribution in [3.8, 4) is 0 Å². The Morgan fingerprint density at radius 1 is 1.29 bits per heavy atom. The van der Waals surface area contributed by atoms with E-state index in [1.165, 1.54) is 12.5 Å². The van der Waals surface area contributed by atoms with Gasteiger partial charge in [-0.3, -0.25) is 4.79 Å². The number of benzene rings is 1. The van der Waals surface area contributed by atoms with Crippen molar-refractivity contribution in [3.63, 3.8) is 0 Å². The van der Waals surface area contributed by atoms with Crippen molar-refractivity contribution in [3.05, 3.63) is 29.8 Å². The Labute approximate surface area is 128 Å². The minimum atomic E-state index is -0.811. The number of aryl methyl sites for hydroxylation is 1. The normalized spacial score (nSPS) is 21.4. The van der Waals surface area contributed by atoms with Crippen LogP contribution in [0.15, 0.2) is 24.3 Å². The summed E-state index contributed by atoms with van der Waals surface area (Å²) in [6.45, 7) is 4.10. The number of carbonyl (C=O) groups is 1. The summed E-state index contributed by atoms with van der Waals surface area (Å²) in [5, 5.41) is 6.34. The second-order valence-electron chi connectivity index (χ2n) is 4.60. The molecule has 1 fully saturated rings. The van der Waals surface area contributed by atoms with Crippen LogP contribution in [0, 0.1) is 6.92 Å². The van der Waals surface area contributed by atoms with E-state index in [4.69, 9.17) is 26.4 Å². The summed E-state index contributed by atoms with van der Waals surface area (Å²) in [7, 11) is 0. The largest absolute Gasteiger partial charge is 0.431 e. The quantitative estimate of drug-likeness (QED) is 0.648. The fraction of sp³-hybridized carbons (Fsp3) is 0.429. The van der Waals surface area contributed by atoms with Crippen LogP contribution in [0.2, 0.25) is 0 Å². The van der Waals surface area contributed by atoms with Gasteiger partial charge in [0.05, 0.1) is 13.2 Å². The van der Waals surface area contributed by atoms with E-state index in [-0.39, 0.29) is 0 Å². The van der Waals surface area contributed by atoms with Gasteiger partial charge in [-0.25, -0.2) is 0 Å².